The van der Waals surface area contributed by atoms with E-state index in [4.69, 9.17) is 4.74 Å². The molecule has 3 rings (SSSR count). The molecule has 1 heterocycles. The zero-order valence-electron chi connectivity index (χ0n) is 11.1. The highest BCUT2D eigenvalue weighted by atomic mass is 79.9. The second kappa shape index (κ2) is 5.54. The van der Waals surface area contributed by atoms with Gasteiger partial charge in [0.25, 0.3) is 0 Å². The first-order chi connectivity index (χ1) is 9.72. The predicted octanol–water partition coefficient (Wildman–Crippen LogP) is 3.83. The third kappa shape index (κ3) is 2.23. The summed E-state index contributed by atoms with van der Waals surface area (Å²) >= 11 is 3.34. The summed E-state index contributed by atoms with van der Waals surface area (Å²) in [5.41, 5.74) is 3.14. The minimum absolute atomic E-state index is 0.104. The Morgan fingerprint density at radius 1 is 1.20 bits per heavy atom. The fourth-order valence-electron chi connectivity index (χ4n) is 2.69. The average Bonchev–Trinajstić information content (AvgIpc) is 2.93. The first-order valence-corrected chi connectivity index (χ1v) is 7.37. The van der Waals surface area contributed by atoms with Crippen LogP contribution in [0.5, 0.6) is 5.75 Å². The lowest BCUT2D eigenvalue weighted by Gasteiger charge is -2.21. The van der Waals surface area contributed by atoms with Gasteiger partial charge < -0.3 is 10.1 Å². The van der Waals surface area contributed by atoms with Crippen LogP contribution in [0.4, 0.5) is 4.39 Å². The third-order valence-electron chi connectivity index (χ3n) is 3.64. The number of halogens is 2. The molecule has 0 saturated heterocycles. The summed E-state index contributed by atoms with van der Waals surface area (Å²) in [5.74, 6) is 0.680. The Bertz CT molecular complexity index is 644. The molecular formula is C16H15BrFNO. The van der Waals surface area contributed by atoms with Crippen molar-refractivity contribution in [3.05, 3.63) is 63.4 Å². The molecule has 2 aromatic carbocycles. The van der Waals surface area contributed by atoms with Gasteiger partial charge in [0.05, 0.1) is 17.1 Å². The molecular weight excluding hydrogens is 321 g/mol. The summed E-state index contributed by atoms with van der Waals surface area (Å²) in [4.78, 5) is 0. The molecule has 0 fully saturated rings. The number of ether oxygens (including phenoxy) is 1. The molecule has 0 aliphatic carbocycles. The van der Waals surface area contributed by atoms with Gasteiger partial charge in [0.1, 0.15) is 11.6 Å². The number of benzene rings is 2. The van der Waals surface area contributed by atoms with Gasteiger partial charge in [0, 0.05) is 12.0 Å². The van der Waals surface area contributed by atoms with Crippen LogP contribution in [-0.2, 0) is 6.42 Å². The van der Waals surface area contributed by atoms with Gasteiger partial charge in [-0.1, -0.05) is 30.3 Å². The van der Waals surface area contributed by atoms with Crippen LogP contribution in [0.3, 0.4) is 0 Å². The number of hydrogen-bond acceptors (Lipinski definition) is 2. The van der Waals surface area contributed by atoms with Crippen LogP contribution in [0.1, 0.15) is 22.7 Å². The SMILES string of the molecule is CNC(c1cccc(F)c1Br)c1cccc2c1OCC2. The van der Waals surface area contributed by atoms with Crippen LogP contribution in [0.25, 0.3) is 0 Å². The van der Waals surface area contributed by atoms with Crippen LogP contribution < -0.4 is 10.1 Å². The van der Waals surface area contributed by atoms with Gasteiger partial charge in [0.15, 0.2) is 0 Å². The molecule has 0 amide bonds. The molecule has 1 unspecified atom stereocenters. The van der Waals surface area contributed by atoms with Crippen LogP contribution in [-0.4, -0.2) is 13.7 Å². The standard InChI is InChI=1S/C16H15BrFNO/c1-19-15(11-5-3-7-13(18)14(11)17)12-6-2-4-10-8-9-20-16(10)12/h2-7,15,19H,8-9H2,1H3. The van der Waals surface area contributed by atoms with Crippen molar-refractivity contribution in [1.82, 2.24) is 5.32 Å². The van der Waals surface area contributed by atoms with Gasteiger partial charge >= 0.3 is 0 Å². The van der Waals surface area contributed by atoms with E-state index in [2.05, 4.69) is 27.3 Å². The molecule has 0 spiro atoms. The second-order valence-electron chi connectivity index (χ2n) is 4.80. The quantitative estimate of drug-likeness (QED) is 0.920. The van der Waals surface area contributed by atoms with Gasteiger partial charge in [0.2, 0.25) is 0 Å². The van der Waals surface area contributed by atoms with Crippen LogP contribution >= 0.6 is 15.9 Å². The first kappa shape index (κ1) is 13.6. The van der Waals surface area contributed by atoms with Crippen LogP contribution in [0.15, 0.2) is 40.9 Å². The molecule has 2 nitrogen and oxygen atoms in total. The summed E-state index contributed by atoms with van der Waals surface area (Å²) in [6, 6.07) is 11.1. The molecule has 2 aromatic rings. The fraction of sp³-hybridized carbons (Fsp3) is 0.250. The maximum absolute atomic E-state index is 13.8. The lowest BCUT2D eigenvalue weighted by atomic mass is 9.96. The van der Waals surface area contributed by atoms with Gasteiger partial charge in [-0.05, 0) is 40.2 Å². The van der Waals surface area contributed by atoms with E-state index < -0.39 is 0 Å². The van der Waals surface area contributed by atoms with Crippen molar-refractivity contribution in [2.24, 2.45) is 0 Å². The first-order valence-electron chi connectivity index (χ1n) is 6.58. The van der Waals surface area contributed by atoms with Gasteiger partial charge in [-0.2, -0.15) is 0 Å². The Morgan fingerprint density at radius 2 is 1.95 bits per heavy atom. The van der Waals surface area contributed by atoms with E-state index in [0.29, 0.717) is 11.1 Å². The Morgan fingerprint density at radius 3 is 2.75 bits per heavy atom. The molecule has 1 aliphatic heterocycles. The van der Waals surface area contributed by atoms with Crippen molar-refractivity contribution in [1.29, 1.82) is 0 Å². The normalized spacial score (nSPS) is 14.8. The van der Waals surface area contributed by atoms with Crippen molar-refractivity contribution < 1.29 is 9.13 Å². The lowest BCUT2D eigenvalue weighted by Crippen LogP contribution is -2.19. The van der Waals surface area contributed by atoms with Crippen molar-refractivity contribution >= 4 is 15.9 Å². The van der Waals surface area contributed by atoms with Crippen molar-refractivity contribution in [2.45, 2.75) is 12.5 Å². The molecule has 104 valence electrons. The molecule has 1 N–H and O–H groups in total. The van der Waals surface area contributed by atoms with Crippen molar-refractivity contribution in [3.63, 3.8) is 0 Å². The molecule has 20 heavy (non-hydrogen) atoms. The Kier molecular flexibility index (Phi) is 3.76. The van der Waals surface area contributed by atoms with Crippen molar-refractivity contribution in [3.8, 4) is 5.75 Å². The van der Waals surface area contributed by atoms with Gasteiger partial charge in [-0.15, -0.1) is 0 Å². The minimum Gasteiger partial charge on any atom is -0.493 e. The zero-order valence-corrected chi connectivity index (χ0v) is 12.7. The Labute approximate surface area is 126 Å². The summed E-state index contributed by atoms with van der Waals surface area (Å²) in [6.45, 7) is 0.715. The Hall–Kier alpha value is -1.39. The fourth-order valence-corrected chi connectivity index (χ4v) is 3.18. The highest BCUT2D eigenvalue weighted by Crippen LogP contribution is 2.38. The zero-order chi connectivity index (χ0) is 14.1. The van der Waals surface area contributed by atoms with E-state index in [1.54, 1.807) is 6.07 Å². The summed E-state index contributed by atoms with van der Waals surface area (Å²) in [6.07, 6.45) is 0.934. The van der Waals surface area contributed by atoms with Crippen LogP contribution in [0, 0.1) is 5.82 Å². The molecule has 0 saturated carbocycles. The number of rotatable bonds is 3. The maximum atomic E-state index is 13.8. The number of para-hydroxylation sites is 1. The smallest absolute Gasteiger partial charge is 0.137 e. The number of nitrogens with one attached hydrogen (secondary N) is 1. The van der Waals surface area contributed by atoms with Crippen molar-refractivity contribution in [2.75, 3.05) is 13.7 Å². The average molecular weight is 336 g/mol. The van der Waals surface area contributed by atoms with E-state index in [0.717, 1.165) is 23.3 Å². The van der Waals surface area contributed by atoms with E-state index >= 15 is 0 Å². The van der Waals surface area contributed by atoms with Gasteiger partial charge in [-0.25, -0.2) is 4.39 Å². The van der Waals surface area contributed by atoms with E-state index in [-0.39, 0.29) is 11.9 Å². The minimum atomic E-state index is -0.253. The molecule has 0 bridgehead atoms. The van der Waals surface area contributed by atoms with E-state index in [1.165, 1.54) is 11.6 Å². The van der Waals surface area contributed by atoms with Crippen LogP contribution in [0.2, 0.25) is 0 Å². The number of fused-ring (bicyclic) bond motifs is 1. The largest absolute Gasteiger partial charge is 0.493 e. The molecule has 1 aliphatic rings. The highest BCUT2D eigenvalue weighted by Gasteiger charge is 2.24. The Balaban J connectivity index is 2.11. The molecule has 1 atom stereocenters. The lowest BCUT2D eigenvalue weighted by molar-refractivity contribution is 0.351. The maximum Gasteiger partial charge on any atom is 0.137 e. The number of hydrogen-bond donors (Lipinski definition) is 1. The third-order valence-corrected chi connectivity index (χ3v) is 4.47. The van der Waals surface area contributed by atoms with E-state index in [9.17, 15) is 4.39 Å². The monoisotopic (exact) mass is 335 g/mol. The van der Waals surface area contributed by atoms with Gasteiger partial charge in [-0.3, -0.25) is 0 Å². The topological polar surface area (TPSA) is 21.3 Å². The summed E-state index contributed by atoms with van der Waals surface area (Å²) in [7, 11) is 1.87. The van der Waals surface area contributed by atoms with E-state index in [1.807, 2.05) is 25.2 Å². The highest BCUT2D eigenvalue weighted by molar-refractivity contribution is 9.10. The summed E-state index contributed by atoms with van der Waals surface area (Å²) in [5, 5.41) is 3.26. The molecule has 0 radical (unpaired) electrons. The summed E-state index contributed by atoms with van der Waals surface area (Å²) < 4.78 is 20.0. The molecule has 0 aromatic heterocycles. The molecule has 4 heteroatoms. The second-order valence-corrected chi connectivity index (χ2v) is 5.59. The predicted molar refractivity (Wildman–Crippen MR) is 80.6 cm³/mol.